The van der Waals surface area contributed by atoms with Crippen molar-refractivity contribution in [3.63, 3.8) is 0 Å². The summed E-state index contributed by atoms with van der Waals surface area (Å²) in [4.78, 5) is 2.92. The van der Waals surface area contributed by atoms with Crippen LogP contribution in [-0.4, -0.2) is 19.1 Å². The molecule has 2 nitrogen and oxygen atoms in total. The molecule has 0 aromatic carbocycles. The molecule has 0 aliphatic rings. The van der Waals surface area contributed by atoms with Gasteiger partial charge in [0.2, 0.25) is 0 Å². The van der Waals surface area contributed by atoms with Gasteiger partial charge in [0.25, 0.3) is 0 Å². The van der Waals surface area contributed by atoms with E-state index in [4.69, 9.17) is 0 Å². The van der Waals surface area contributed by atoms with Crippen LogP contribution in [0.25, 0.3) is 0 Å². The minimum atomic E-state index is 0.539. The first-order valence-corrected chi connectivity index (χ1v) is 6.59. The Balaban J connectivity index is 2.24. The first-order valence-electron chi connectivity index (χ1n) is 5.78. The van der Waals surface area contributed by atoms with Gasteiger partial charge in [0.05, 0.1) is 0 Å². The van der Waals surface area contributed by atoms with Crippen LogP contribution in [-0.2, 0) is 13.0 Å². The maximum absolute atomic E-state index is 3.52. The lowest BCUT2D eigenvalue weighted by Crippen LogP contribution is -2.35. The number of aryl methyl sites for hydroxylation is 1. The number of rotatable bonds is 7. The van der Waals surface area contributed by atoms with Gasteiger partial charge in [-0.3, -0.25) is 0 Å². The average molecular weight is 226 g/mol. The smallest absolute Gasteiger partial charge is 0.0302 e. The third kappa shape index (κ3) is 4.78. The summed E-state index contributed by atoms with van der Waals surface area (Å²) in [7, 11) is 0. The van der Waals surface area contributed by atoms with Crippen molar-refractivity contribution in [3.05, 3.63) is 21.9 Å². The number of hydrogen-bond donors (Lipinski definition) is 2. The predicted octanol–water partition coefficient (Wildman–Crippen LogP) is 2.40. The molecule has 3 heteroatoms. The highest BCUT2D eigenvalue weighted by atomic mass is 32.1. The fourth-order valence-electron chi connectivity index (χ4n) is 1.42. The molecular weight excluding hydrogens is 204 g/mol. The minimum Gasteiger partial charge on any atom is -0.315 e. The summed E-state index contributed by atoms with van der Waals surface area (Å²) in [6.07, 6.45) is 1.15. The largest absolute Gasteiger partial charge is 0.315 e. The molecule has 1 atom stereocenters. The lowest BCUT2D eigenvalue weighted by molar-refractivity contribution is 0.511. The van der Waals surface area contributed by atoms with Gasteiger partial charge < -0.3 is 10.6 Å². The maximum Gasteiger partial charge on any atom is 0.0302 e. The van der Waals surface area contributed by atoms with Crippen LogP contribution in [0.4, 0.5) is 0 Å². The third-order valence-electron chi connectivity index (χ3n) is 2.39. The van der Waals surface area contributed by atoms with Crippen molar-refractivity contribution in [2.75, 3.05) is 13.1 Å². The molecular formula is C12H22N2S. The van der Waals surface area contributed by atoms with Crippen LogP contribution in [0.1, 0.15) is 30.5 Å². The molecule has 0 fully saturated rings. The Morgan fingerprint density at radius 1 is 1.27 bits per heavy atom. The fourth-order valence-corrected chi connectivity index (χ4v) is 2.32. The van der Waals surface area contributed by atoms with Crippen LogP contribution < -0.4 is 10.6 Å². The van der Waals surface area contributed by atoms with Crippen LogP contribution in [0.2, 0.25) is 0 Å². The summed E-state index contributed by atoms with van der Waals surface area (Å²) >= 11 is 1.92. The van der Waals surface area contributed by atoms with E-state index in [1.807, 2.05) is 11.3 Å². The van der Waals surface area contributed by atoms with Gasteiger partial charge in [0, 0.05) is 28.9 Å². The summed E-state index contributed by atoms with van der Waals surface area (Å²) in [6.45, 7) is 9.65. The van der Waals surface area contributed by atoms with Crippen LogP contribution in [0.15, 0.2) is 12.1 Å². The quantitative estimate of drug-likeness (QED) is 0.746. The van der Waals surface area contributed by atoms with E-state index in [2.05, 4.69) is 43.5 Å². The van der Waals surface area contributed by atoms with Gasteiger partial charge >= 0.3 is 0 Å². The molecule has 0 amide bonds. The van der Waals surface area contributed by atoms with E-state index in [9.17, 15) is 0 Å². The monoisotopic (exact) mass is 226 g/mol. The van der Waals surface area contributed by atoms with Crippen LogP contribution in [0.3, 0.4) is 0 Å². The first-order chi connectivity index (χ1) is 7.26. The molecule has 0 saturated carbocycles. The van der Waals surface area contributed by atoms with Crippen molar-refractivity contribution in [2.45, 2.75) is 39.8 Å². The maximum atomic E-state index is 3.52. The van der Waals surface area contributed by atoms with Crippen molar-refractivity contribution in [3.8, 4) is 0 Å². The van der Waals surface area contributed by atoms with Gasteiger partial charge in [-0.25, -0.2) is 0 Å². The number of likely N-dealkylation sites (N-methyl/N-ethyl adjacent to an activating group) is 1. The Kier molecular flexibility index (Phi) is 5.91. The number of hydrogen-bond acceptors (Lipinski definition) is 3. The zero-order chi connectivity index (χ0) is 11.1. The molecule has 1 heterocycles. The number of thiophene rings is 1. The zero-order valence-electron chi connectivity index (χ0n) is 9.97. The minimum absolute atomic E-state index is 0.539. The van der Waals surface area contributed by atoms with E-state index >= 15 is 0 Å². The molecule has 0 aliphatic carbocycles. The van der Waals surface area contributed by atoms with E-state index in [1.165, 1.54) is 9.75 Å². The Bertz CT molecular complexity index is 270. The molecule has 1 unspecified atom stereocenters. The third-order valence-corrected chi connectivity index (χ3v) is 3.62. The summed E-state index contributed by atoms with van der Waals surface area (Å²) in [5.74, 6) is 0. The SMILES string of the molecule is CCNCC(C)NCc1ccc(CC)s1. The van der Waals surface area contributed by atoms with Gasteiger partial charge in [-0.1, -0.05) is 13.8 Å². The highest BCUT2D eigenvalue weighted by Crippen LogP contribution is 2.16. The van der Waals surface area contributed by atoms with Gasteiger partial charge in [-0.05, 0) is 32.0 Å². The molecule has 2 N–H and O–H groups in total. The molecule has 1 aromatic heterocycles. The topological polar surface area (TPSA) is 24.1 Å². The second kappa shape index (κ2) is 6.99. The second-order valence-electron chi connectivity index (χ2n) is 3.81. The van der Waals surface area contributed by atoms with Crippen LogP contribution >= 0.6 is 11.3 Å². The molecule has 0 saturated heterocycles. The van der Waals surface area contributed by atoms with Gasteiger partial charge in [-0.15, -0.1) is 11.3 Å². The summed E-state index contributed by atoms with van der Waals surface area (Å²) in [5, 5.41) is 6.86. The molecule has 1 aromatic rings. The summed E-state index contributed by atoms with van der Waals surface area (Å²) in [5.41, 5.74) is 0. The predicted molar refractivity (Wildman–Crippen MR) is 68.5 cm³/mol. The lowest BCUT2D eigenvalue weighted by atomic mass is 10.3. The highest BCUT2D eigenvalue weighted by molar-refractivity contribution is 7.11. The summed E-state index contributed by atoms with van der Waals surface area (Å²) < 4.78 is 0. The van der Waals surface area contributed by atoms with Crippen molar-refractivity contribution in [2.24, 2.45) is 0 Å². The average Bonchev–Trinajstić information content (AvgIpc) is 2.71. The standard InChI is InChI=1S/C12H22N2S/c1-4-11-6-7-12(15-11)9-14-10(3)8-13-5-2/h6-7,10,13-14H,4-5,8-9H2,1-3H3. The van der Waals surface area contributed by atoms with Crippen molar-refractivity contribution in [1.29, 1.82) is 0 Å². The van der Waals surface area contributed by atoms with Crippen LogP contribution in [0, 0.1) is 0 Å². The summed E-state index contributed by atoms with van der Waals surface area (Å²) in [6, 6.07) is 5.00. The van der Waals surface area contributed by atoms with Crippen LogP contribution in [0.5, 0.6) is 0 Å². The van der Waals surface area contributed by atoms with Gasteiger partial charge in [0.1, 0.15) is 0 Å². The Labute approximate surface area is 97.1 Å². The molecule has 1 rings (SSSR count). The van der Waals surface area contributed by atoms with E-state index in [0.717, 1.165) is 26.1 Å². The zero-order valence-corrected chi connectivity index (χ0v) is 10.8. The lowest BCUT2D eigenvalue weighted by Gasteiger charge is -2.12. The molecule has 0 bridgehead atoms. The van der Waals surface area contributed by atoms with E-state index < -0.39 is 0 Å². The van der Waals surface area contributed by atoms with Crippen molar-refractivity contribution in [1.82, 2.24) is 10.6 Å². The van der Waals surface area contributed by atoms with E-state index in [0.29, 0.717) is 6.04 Å². The molecule has 0 spiro atoms. The first kappa shape index (κ1) is 12.7. The molecule has 15 heavy (non-hydrogen) atoms. The molecule has 86 valence electrons. The second-order valence-corrected chi connectivity index (χ2v) is 5.06. The Hall–Kier alpha value is -0.380. The normalized spacial score (nSPS) is 13.0. The van der Waals surface area contributed by atoms with E-state index in [1.54, 1.807) is 0 Å². The Morgan fingerprint density at radius 3 is 2.60 bits per heavy atom. The molecule has 0 aliphatic heterocycles. The van der Waals surface area contributed by atoms with Crippen molar-refractivity contribution < 1.29 is 0 Å². The Morgan fingerprint density at radius 2 is 2.00 bits per heavy atom. The fraction of sp³-hybridized carbons (Fsp3) is 0.667. The van der Waals surface area contributed by atoms with Gasteiger partial charge in [0.15, 0.2) is 0 Å². The van der Waals surface area contributed by atoms with E-state index in [-0.39, 0.29) is 0 Å². The molecule has 0 radical (unpaired) electrons. The van der Waals surface area contributed by atoms with Gasteiger partial charge in [-0.2, -0.15) is 0 Å². The van der Waals surface area contributed by atoms with Crippen molar-refractivity contribution >= 4 is 11.3 Å². The number of nitrogens with one attached hydrogen (secondary N) is 2. The highest BCUT2D eigenvalue weighted by Gasteiger charge is 2.02.